The number of benzene rings is 2. The Morgan fingerprint density at radius 1 is 0.955 bits per heavy atom. The minimum absolute atomic E-state index is 0.216. The minimum Gasteiger partial charge on any atom is -0.494 e. The molecule has 2 aromatic carbocycles. The molecule has 0 aliphatic rings. The fraction of sp³-hybridized carbons (Fsp3) is 0.235. The summed E-state index contributed by atoms with van der Waals surface area (Å²) in [7, 11) is 0. The van der Waals surface area contributed by atoms with Crippen molar-refractivity contribution >= 4 is 5.84 Å². The first kappa shape index (κ1) is 15.7. The number of nitrogens with zero attached hydrogens (tertiary/aromatic N) is 1. The molecule has 116 valence electrons. The van der Waals surface area contributed by atoms with Crippen molar-refractivity contribution in [3.63, 3.8) is 0 Å². The smallest absolute Gasteiger partial charge is 0.139 e. The Kier molecular flexibility index (Phi) is 6.11. The molecule has 0 amide bonds. The monoisotopic (exact) mass is 300 g/mol. The molecule has 0 fully saturated rings. The van der Waals surface area contributed by atoms with E-state index in [9.17, 15) is 0 Å². The quantitative estimate of drug-likeness (QED) is 0.258. The van der Waals surface area contributed by atoms with E-state index in [1.165, 1.54) is 0 Å². The second-order valence-electron chi connectivity index (χ2n) is 4.79. The third-order valence-corrected chi connectivity index (χ3v) is 3.05. The average Bonchev–Trinajstić information content (AvgIpc) is 2.58. The van der Waals surface area contributed by atoms with Gasteiger partial charge in [-0.2, -0.15) is 0 Å². The second kappa shape index (κ2) is 8.56. The van der Waals surface area contributed by atoms with Crippen molar-refractivity contribution in [2.75, 3.05) is 6.61 Å². The molecule has 0 unspecified atom stereocenters. The molecule has 2 rings (SSSR count). The summed E-state index contributed by atoms with van der Waals surface area (Å²) in [6, 6.07) is 17.5. The number of hydrogen-bond donors (Lipinski definition) is 2. The molecular weight excluding hydrogens is 280 g/mol. The lowest BCUT2D eigenvalue weighted by Gasteiger charge is -2.08. The first-order valence-corrected chi connectivity index (χ1v) is 7.14. The Balaban J connectivity index is 1.73. The molecule has 2 aromatic rings. The molecular formula is C17H20N2O3. The minimum atomic E-state index is 0.216. The summed E-state index contributed by atoms with van der Waals surface area (Å²) in [6.07, 6.45) is 1.21. The fourth-order valence-electron chi connectivity index (χ4n) is 1.87. The van der Waals surface area contributed by atoms with Gasteiger partial charge in [0.2, 0.25) is 0 Å². The van der Waals surface area contributed by atoms with Crippen LogP contribution in [0, 0.1) is 0 Å². The first-order chi connectivity index (χ1) is 10.8. The molecule has 5 nitrogen and oxygen atoms in total. The van der Waals surface area contributed by atoms with Crippen molar-refractivity contribution in [3.05, 3.63) is 60.2 Å². The molecule has 0 atom stereocenters. The lowest BCUT2D eigenvalue weighted by atomic mass is 10.2. The van der Waals surface area contributed by atoms with Crippen LogP contribution < -0.4 is 15.2 Å². The summed E-state index contributed by atoms with van der Waals surface area (Å²) in [6.45, 7) is 1.06. The van der Waals surface area contributed by atoms with Gasteiger partial charge < -0.3 is 20.4 Å². The van der Waals surface area contributed by atoms with Crippen LogP contribution >= 0.6 is 0 Å². The normalized spacial score (nSPS) is 11.2. The van der Waals surface area contributed by atoms with E-state index in [1.54, 1.807) is 0 Å². The number of ether oxygens (including phenoxy) is 2. The summed E-state index contributed by atoms with van der Waals surface area (Å²) in [5.41, 5.74) is 6.51. The van der Waals surface area contributed by atoms with E-state index in [0.29, 0.717) is 26.1 Å². The van der Waals surface area contributed by atoms with E-state index >= 15 is 0 Å². The van der Waals surface area contributed by atoms with Crippen LogP contribution in [0.25, 0.3) is 0 Å². The van der Waals surface area contributed by atoms with Gasteiger partial charge in [0.05, 0.1) is 6.61 Å². The van der Waals surface area contributed by atoms with Crippen molar-refractivity contribution in [2.45, 2.75) is 19.4 Å². The zero-order chi connectivity index (χ0) is 15.6. The predicted molar refractivity (Wildman–Crippen MR) is 85.4 cm³/mol. The van der Waals surface area contributed by atoms with Gasteiger partial charge in [-0.3, -0.25) is 0 Å². The van der Waals surface area contributed by atoms with Crippen molar-refractivity contribution < 1.29 is 14.7 Å². The van der Waals surface area contributed by atoms with E-state index in [-0.39, 0.29) is 5.84 Å². The number of nitrogens with two attached hydrogens (primary N) is 1. The Morgan fingerprint density at radius 2 is 1.59 bits per heavy atom. The van der Waals surface area contributed by atoms with Gasteiger partial charge in [-0.1, -0.05) is 35.5 Å². The van der Waals surface area contributed by atoms with E-state index in [2.05, 4.69) is 5.16 Å². The van der Waals surface area contributed by atoms with Crippen molar-refractivity contribution in [3.8, 4) is 11.5 Å². The van der Waals surface area contributed by atoms with E-state index in [4.69, 9.17) is 20.4 Å². The SMILES string of the molecule is N/C(CCCOc1ccc(OCc2ccccc2)cc1)=N\O. The standard InChI is InChI=1S/C17H20N2O3/c18-17(19-20)7-4-12-21-15-8-10-16(11-9-15)22-13-14-5-2-1-3-6-14/h1-3,5-6,8-11,20H,4,7,12-13H2,(H2,18,19). The topological polar surface area (TPSA) is 77.1 Å². The van der Waals surface area contributed by atoms with Gasteiger partial charge in [-0.05, 0) is 36.2 Å². The molecule has 0 spiro atoms. The Hall–Kier alpha value is -2.69. The summed E-state index contributed by atoms with van der Waals surface area (Å²) in [4.78, 5) is 0. The maximum atomic E-state index is 8.42. The highest BCUT2D eigenvalue weighted by molar-refractivity contribution is 5.79. The first-order valence-electron chi connectivity index (χ1n) is 7.14. The Labute approximate surface area is 130 Å². The molecule has 0 heterocycles. The van der Waals surface area contributed by atoms with Crippen LogP contribution in [0.3, 0.4) is 0 Å². The van der Waals surface area contributed by atoms with Crippen molar-refractivity contribution in [1.82, 2.24) is 0 Å². The van der Waals surface area contributed by atoms with E-state index in [0.717, 1.165) is 17.1 Å². The van der Waals surface area contributed by atoms with E-state index in [1.807, 2.05) is 54.6 Å². The lowest BCUT2D eigenvalue weighted by molar-refractivity contribution is 0.298. The third kappa shape index (κ3) is 5.36. The number of oxime groups is 1. The molecule has 0 aromatic heterocycles. The van der Waals surface area contributed by atoms with Gasteiger partial charge in [-0.15, -0.1) is 0 Å². The van der Waals surface area contributed by atoms with Crippen LogP contribution in [0.15, 0.2) is 59.8 Å². The largest absolute Gasteiger partial charge is 0.494 e. The summed E-state index contributed by atoms with van der Waals surface area (Å²) in [5.74, 6) is 1.78. The van der Waals surface area contributed by atoms with E-state index < -0.39 is 0 Å². The zero-order valence-corrected chi connectivity index (χ0v) is 12.3. The summed E-state index contributed by atoms with van der Waals surface area (Å²) in [5, 5.41) is 11.3. The maximum Gasteiger partial charge on any atom is 0.139 e. The van der Waals surface area contributed by atoms with Gasteiger partial charge in [0.25, 0.3) is 0 Å². The molecule has 3 N–H and O–H groups in total. The molecule has 0 aliphatic heterocycles. The number of rotatable bonds is 8. The molecule has 0 aliphatic carbocycles. The van der Waals surface area contributed by atoms with Crippen LogP contribution in [0.4, 0.5) is 0 Å². The molecule has 22 heavy (non-hydrogen) atoms. The van der Waals surface area contributed by atoms with Gasteiger partial charge >= 0.3 is 0 Å². The third-order valence-electron chi connectivity index (χ3n) is 3.05. The molecule has 0 saturated carbocycles. The van der Waals surface area contributed by atoms with Crippen LogP contribution in [-0.2, 0) is 6.61 Å². The number of amidine groups is 1. The second-order valence-corrected chi connectivity index (χ2v) is 4.79. The van der Waals surface area contributed by atoms with Crippen molar-refractivity contribution in [2.24, 2.45) is 10.9 Å². The maximum absolute atomic E-state index is 8.42. The van der Waals surface area contributed by atoms with Crippen LogP contribution in [0.1, 0.15) is 18.4 Å². The molecule has 0 bridgehead atoms. The highest BCUT2D eigenvalue weighted by Crippen LogP contribution is 2.19. The summed E-state index contributed by atoms with van der Waals surface area (Å²) >= 11 is 0. The molecule has 0 saturated heterocycles. The fourth-order valence-corrected chi connectivity index (χ4v) is 1.87. The van der Waals surface area contributed by atoms with Crippen molar-refractivity contribution in [1.29, 1.82) is 0 Å². The Morgan fingerprint density at radius 3 is 2.23 bits per heavy atom. The lowest BCUT2D eigenvalue weighted by Crippen LogP contribution is -2.12. The average molecular weight is 300 g/mol. The number of hydrogen-bond acceptors (Lipinski definition) is 4. The Bertz CT molecular complexity index is 583. The highest BCUT2D eigenvalue weighted by atomic mass is 16.5. The van der Waals surface area contributed by atoms with Gasteiger partial charge in [0.1, 0.15) is 23.9 Å². The van der Waals surface area contributed by atoms with Gasteiger partial charge in [0, 0.05) is 6.42 Å². The molecule has 0 radical (unpaired) electrons. The van der Waals surface area contributed by atoms with Crippen LogP contribution in [-0.4, -0.2) is 17.6 Å². The zero-order valence-electron chi connectivity index (χ0n) is 12.3. The highest BCUT2D eigenvalue weighted by Gasteiger charge is 1.99. The van der Waals surface area contributed by atoms with Gasteiger partial charge in [-0.25, -0.2) is 0 Å². The van der Waals surface area contributed by atoms with Gasteiger partial charge in [0.15, 0.2) is 0 Å². The van der Waals surface area contributed by atoms with Crippen LogP contribution in [0.5, 0.6) is 11.5 Å². The summed E-state index contributed by atoms with van der Waals surface area (Å²) < 4.78 is 11.3. The predicted octanol–water partition coefficient (Wildman–Crippen LogP) is 3.17. The molecule has 5 heteroatoms. The van der Waals surface area contributed by atoms with Crippen LogP contribution in [0.2, 0.25) is 0 Å².